The molecule has 14 heavy (non-hydrogen) atoms. The molecule has 0 amide bonds. The average molecular weight is 192 g/mol. The smallest absolute Gasteiger partial charge is 0.225 e. The zero-order chi connectivity index (χ0) is 9.97. The maximum atomic E-state index is 4.42. The molecule has 0 spiro atoms. The molecule has 1 aromatic rings. The van der Waals surface area contributed by atoms with E-state index in [9.17, 15) is 0 Å². The molecule has 1 aliphatic heterocycles. The highest BCUT2D eigenvalue weighted by Crippen LogP contribution is 2.09. The van der Waals surface area contributed by atoms with E-state index < -0.39 is 0 Å². The van der Waals surface area contributed by atoms with Crippen LogP contribution >= 0.6 is 0 Å². The van der Waals surface area contributed by atoms with Crippen molar-refractivity contribution >= 4 is 5.95 Å². The van der Waals surface area contributed by atoms with Crippen molar-refractivity contribution in [1.82, 2.24) is 14.9 Å². The highest BCUT2D eigenvalue weighted by Gasteiger charge is 2.15. The van der Waals surface area contributed by atoms with Crippen molar-refractivity contribution in [2.45, 2.75) is 6.92 Å². The summed E-state index contributed by atoms with van der Waals surface area (Å²) >= 11 is 0. The fourth-order valence-corrected chi connectivity index (χ4v) is 1.59. The maximum absolute atomic E-state index is 4.42. The van der Waals surface area contributed by atoms with Crippen LogP contribution in [0.15, 0.2) is 12.3 Å². The summed E-state index contributed by atoms with van der Waals surface area (Å²) in [5, 5.41) is 0. The number of likely N-dealkylation sites (N-methyl/N-ethyl adjacent to an activating group) is 1. The first kappa shape index (κ1) is 9.40. The molecule has 0 saturated carbocycles. The van der Waals surface area contributed by atoms with Gasteiger partial charge in [0.15, 0.2) is 0 Å². The Morgan fingerprint density at radius 3 is 2.57 bits per heavy atom. The van der Waals surface area contributed by atoms with Gasteiger partial charge in [0.1, 0.15) is 0 Å². The number of hydrogen-bond donors (Lipinski definition) is 0. The minimum atomic E-state index is 0.873. The molecule has 0 aliphatic carbocycles. The van der Waals surface area contributed by atoms with Crippen molar-refractivity contribution in [2.75, 3.05) is 38.1 Å². The van der Waals surface area contributed by atoms with Gasteiger partial charge in [0.2, 0.25) is 5.95 Å². The first-order valence-corrected chi connectivity index (χ1v) is 4.99. The molecule has 4 heteroatoms. The van der Waals surface area contributed by atoms with E-state index in [4.69, 9.17) is 0 Å². The van der Waals surface area contributed by atoms with Gasteiger partial charge in [0.05, 0.1) is 0 Å². The zero-order valence-electron chi connectivity index (χ0n) is 8.77. The molecule has 2 rings (SSSR count). The summed E-state index contributed by atoms with van der Waals surface area (Å²) < 4.78 is 0. The first-order valence-electron chi connectivity index (χ1n) is 4.99. The third-order valence-corrected chi connectivity index (χ3v) is 2.57. The number of hydrogen-bond acceptors (Lipinski definition) is 4. The lowest BCUT2D eigenvalue weighted by molar-refractivity contribution is 0.311. The Morgan fingerprint density at radius 1 is 1.21 bits per heavy atom. The summed E-state index contributed by atoms with van der Waals surface area (Å²) in [5.41, 5.74) is 1.04. The molecule has 1 aromatic heterocycles. The largest absolute Gasteiger partial charge is 0.338 e. The number of aryl methyl sites for hydroxylation is 1. The number of rotatable bonds is 1. The summed E-state index contributed by atoms with van der Waals surface area (Å²) in [6.45, 7) is 6.25. The van der Waals surface area contributed by atoms with Crippen molar-refractivity contribution in [2.24, 2.45) is 0 Å². The standard InChI is InChI=1S/C10H16N4/c1-9-3-4-11-10(12-9)14-7-5-13(2)6-8-14/h3-4H,5-8H2,1-2H3. The van der Waals surface area contributed by atoms with Crippen LogP contribution in [0, 0.1) is 6.92 Å². The normalized spacial score (nSPS) is 18.6. The lowest BCUT2D eigenvalue weighted by Gasteiger charge is -2.32. The summed E-state index contributed by atoms with van der Waals surface area (Å²) in [7, 11) is 2.15. The van der Waals surface area contributed by atoms with E-state index in [2.05, 4.69) is 26.8 Å². The minimum absolute atomic E-state index is 0.873. The summed E-state index contributed by atoms with van der Waals surface area (Å²) in [6.07, 6.45) is 1.83. The molecule has 0 N–H and O–H groups in total. The molecular weight excluding hydrogens is 176 g/mol. The molecule has 1 fully saturated rings. The zero-order valence-corrected chi connectivity index (χ0v) is 8.77. The summed E-state index contributed by atoms with van der Waals surface area (Å²) in [4.78, 5) is 13.3. The molecule has 1 saturated heterocycles. The van der Waals surface area contributed by atoms with Gasteiger partial charge in [-0.3, -0.25) is 0 Å². The van der Waals surface area contributed by atoms with Crippen LogP contribution in [-0.4, -0.2) is 48.1 Å². The van der Waals surface area contributed by atoms with Gasteiger partial charge in [-0.25, -0.2) is 9.97 Å². The van der Waals surface area contributed by atoms with E-state index in [1.54, 1.807) is 0 Å². The molecule has 0 radical (unpaired) electrons. The molecule has 0 bridgehead atoms. The van der Waals surface area contributed by atoms with Crippen LogP contribution in [0.1, 0.15) is 5.69 Å². The highest BCUT2D eigenvalue weighted by molar-refractivity contribution is 5.30. The number of nitrogens with zero attached hydrogens (tertiary/aromatic N) is 4. The highest BCUT2D eigenvalue weighted by atomic mass is 15.3. The van der Waals surface area contributed by atoms with Gasteiger partial charge in [0, 0.05) is 38.1 Å². The van der Waals surface area contributed by atoms with Crippen molar-refractivity contribution in [3.63, 3.8) is 0 Å². The Balaban J connectivity index is 2.08. The van der Waals surface area contributed by atoms with Crippen LogP contribution < -0.4 is 4.90 Å². The molecule has 0 atom stereocenters. The second kappa shape index (κ2) is 3.92. The van der Waals surface area contributed by atoms with Crippen LogP contribution in [0.5, 0.6) is 0 Å². The quantitative estimate of drug-likeness (QED) is 0.650. The van der Waals surface area contributed by atoms with E-state index in [-0.39, 0.29) is 0 Å². The van der Waals surface area contributed by atoms with Gasteiger partial charge in [-0.2, -0.15) is 0 Å². The van der Waals surface area contributed by atoms with E-state index in [0.717, 1.165) is 37.8 Å². The van der Waals surface area contributed by atoms with E-state index >= 15 is 0 Å². The van der Waals surface area contributed by atoms with Gasteiger partial charge in [0.25, 0.3) is 0 Å². The third kappa shape index (κ3) is 2.01. The molecule has 1 aliphatic rings. The first-order chi connectivity index (χ1) is 6.75. The monoisotopic (exact) mass is 192 g/mol. The van der Waals surface area contributed by atoms with Crippen molar-refractivity contribution < 1.29 is 0 Å². The van der Waals surface area contributed by atoms with Crippen molar-refractivity contribution in [3.8, 4) is 0 Å². The lowest BCUT2D eigenvalue weighted by Crippen LogP contribution is -2.45. The second-order valence-electron chi connectivity index (χ2n) is 3.79. The topological polar surface area (TPSA) is 32.3 Å². The Morgan fingerprint density at radius 2 is 1.93 bits per heavy atom. The SMILES string of the molecule is Cc1ccnc(N2CCN(C)CC2)n1. The maximum Gasteiger partial charge on any atom is 0.225 e. The van der Waals surface area contributed by atoms with Crippen LogP contribution in [0.2, 0.25) is 0 Å². The van der Waals surface area contributed by atoms with Gasteiger partial charge in [-0.05, 0) is 20.0 Å². The van der Waals surface area contributed by atoms with E-state index in [0.29, 0.717) is 0 Å². The van der Waals surface area contributed by atoms with Crippen LogP contribution in [0.3, 0.4) is 0 Å². The van der Waals surface area contributed by atoms with Crippen LogP contribution in [0.25, 0.3) is 0 Å². The predicted octanol–water partition coefficient (Wildman–Crippen LogP) is 0.537. The molecule has 0 unspecified atom stereocenters. The van der Waals surface area contributed by atoms with Crippen molar-refractivity contribution in [1.29, 1.82) is 0 Å². The van der Waals surface area contributed by atoms with Crippen LogP contribution in [-0.2, 0) is 0 Å². The molecular formula is C10H16N4. The van der Waals surface area contributed by atoms with E-state index in [1.165, 1.54) is 0 Å². The molecule has 4 nitrogen and oxygen atoms in total. The molecule has 76 valence electrons. The van der Waals surface area contributed by atoms with Gasteiger partial charge >= 0.3 is 0 Å². The second-order valence-corrected chi connectivity index (χ2v) is 3.79. The number of anilines is 1. The molecule has 0 aromatic carbocycles. The fraction of sp³-hybridized carbons (Fsp3) is 0.600. The van der Waals surface area contributed by atoms with Gasteiger partial charge in [-0.15, -0.1) is 0 Å². The van der Waals surface area contributed by atoms with Crippen molar-refractivity contribution in [3.05, 3.63) is 18.0 Å². The molecule has 2 heterocycles. The Kier molecular flexibility index (Phi) is 2.63. The third-order valence-electron chi connectivity index (χ3n) is 2.57. The van der Waals surface area contributed by atoms with Gasteiger partial charge in [-0.1, -0.05) is 0 Å². The van der Waals surface area contributed by atoms with E-state index in [1.807, 2.05) is 19.2 Å². The number of aromatic nitrogens is 2. The van der Waals surface area contributed by atoms with Gasteiger partial charge < -0.3 is 9.80 Å². The Bertz CT molecular complexity index is 305. The fourth-order valence-electron chi connectivity index (χ4n) is 1.59. The summed E-state index contributed by atoms with van der Waals surface area (Å²) in [6, 6.07) is 1.93. The lowest BCUT2D eigenvalue weighted by atomic mass is 10.3. The summed E-state index contributed by atoms with van der Waals surface area (Å²) in [5.74, 6) is 0.873. The predicted molar refractivity (Wildman–Crippen MR) is 56.5 cm³/mol. The Labute approximate surface area is 84.6 Å². The number of piperazine rings is 1. The Hall–Kier alpha value is -1.16. The van der Waals surface area contributed by atoms with Crippen LogP contribution in [0.4, 0.5) is 5.95 Å². The minimum Gasteiger partial charge on any atom is -0.338 e. The average Bonchev–Trinajstić information content (AvgIpc) is 2.19.